The molecular formula is C40H25N. The Morgan fingerprint density at radius 3 is 1.76 bits per heavy atom. The summed E-state index contributed by atoms with van der Waals surface area (Å²) in [6, 6.07) is 55.5. The zero-order chi connectivity index (χ0) is 26.9. The molecule has 1 aliphatic rings. The van der Waals surface area contributed by atoms with E-state index < -0.39 is 0 Å². The first-order chi connectivity index (χ1) is 20.3. The first-order valence-electron chi connectivity index (χ1n) is 14.2. The topological polar surface area (TPSA) is 4.93 Å². The summed E-state index contributed by atoms with van der Waals surface area (Å²) < 4.78 is 2.39. The number of fused-ring (bicyclic) bond motifs is 6. The first kappa shape index (κ1) is 22.4. The SMILES string of the molecule is c1ccc(-n2c3ccccc3c3ccc(-c4ccccc4-c4ccc5c(c4)-c4cccc6cccc-5c46)cc32)cc1. The minimum atomic E-state index is 1.18. The van der Waals surface area contributed by atoms with Gasteiger partial charge in [-0.3, -0.25) is 0 Å². The molecule has 0 aliphatic heterocycles. The standard InChI is InChI=1S/C40H25N/c1-2-12-29(13-3-1)41-38-19-7-6-16-33(38)34-23-21-28(25-39(34)41)31-15-5-4-14-30(31)27-20-22-32-35-17-8-10-26-11-9-18-36(40(26)35)37(32)24-27/h1-25H. The van der Waals surface area contributed by atoms with Crippen molar-refractivity contribution in [3.8, 4) is 50.2 Å². The molecule has 1 heteroatoms. The number of rotatable bonds is 3. The summed E-state index contributed by atoms with van der Waals surface area (Å²) in [5.74, 6) is 0. The average Bonchev–Trinajstić information content (AvgIpc) is 3.55. The van der Waals surface area contributed by atoms with E-state index in [9.17, 15) is 0 Å². The normalized spacial score (nSPS) is 11.9. The number of para-hydroxylation sites is 2. The lowest BCUT2D eigenvalue weighted by atomic mass is 9.91. The summed E-state index contributed by atoms with van der Waals surface area (Å²) >= 11 is 0. The molecule has 7 aromatic carbocycles. The maximum Gasteiger partial charge on any atom is 0.0547 e. The molecular weight excluding hydrogens is 494 g/mol. The molecule has 9 rings (SSSR count). The molecule has 1 heterocycles. The van der Waals surface area contributed by atoms with E-state index in [4.69, 9.17) is 0 Å². The van der Waals surface area contributed by atoms with Crippen molar-refractivity contribution < 1.29 is 0 Å². The Morgan fingerprint density at radius 2 is 0.951 bits per heavy atom. The molecule has 0 spiro atoms. The molecule has 0 radical (unpaired) electrons. The van der Waals surface area contributed by atoms with Gasteiger partial charge >= 0.3 is 0 Å². The van der Waals surface area contributed by atoms with Crippen molar-refractivity contribution in [2.75, 3.05) is 0 Å². The van der Waals surface area contributed by atoms with E-state index in [1.807, 2.05) is 0 Å². The summed E-state index contributed by atoms with van der Waals surface area (Å²) in [6.45, 7) is 0. The average molecular weight is 520 g/mol. The smallest absolute Gasteiger partial charge is 0.0547 e. The highest BCUT2D eigenvalue weighted by atomic mass is 15.0. The largest absolute Gasteiger partial charge is 0.309 e. The van der Waals surface area contributed by atoms with Crippen LogP contribution >= 0.6 is 0 Å². The number of aromatic nitrogens is 1. The molecule has 0 amide bonds. The second-order valence-electron chi connectivity index (χ2n) is 10.9. The van der Waals surface area contributed by atoms with Crippen LogP contribution in [0.3, 0.4) is 0 Å². The number of nitrogens with zero attached hydrogens (tertiary/aromatic N) is 1. The summed E-state index contributed by atoms with van der Waals surface area (Å²) in [7, 11) is 0. The van der Waals surface area contributed by atoms with Crippen LogP contribution in [-0.4, -0.2) is 4.57 Å². The molecule has 0 fully saturated rings. The van der Waals surface area contributed by atoms with E-state index in [0.717, 1.165) is 0 Å². The number of hydrogen-bond donors (Lipinski definition) is 0. The molecule has 190 valence electrons. The Morgan fingerprint density at radius 1 is 0.341 bits per heavy atom. The van der Waals surface area contributed by atoms with Crippen molar-refractivity contribution >= 4 is 32.6 Å². The van der Waals surface area contributed by atoms with Gasteiger partial charge in [-0.05, 0) is 85.6 Å². The highest BCUT2D eigenvalue weighted by molar-refractivity contribution is 6.16. The van der Waals surface area contributed by atoms with Crippen LogP contribution in [0, 0.1) is 0 Å². The molecule has 0 saturated carbocycles. The summed E-state index contributed by atoms with van der Waals surface area (Å²) in [6.07, 6.45) is 0. The van der Waals surface area contributed by atoms with Crippen LogP contribution in [0.1, 0.15) is 0 Å². The fourth-order valence-corrected chi connectivity index (χ4v) is 6.94. The molecule has 0 unspecified atom stereocenters. The van der Waals surface area contributed by atoms with Crippen molar-refractivity contribution in [1.82, 2.24) is 4.57 Å². The molecule has 1 aromatic heterocycles. The summed E-state index contributed by atoms with van der Waals surface area (Å²) in [5, 5.41) is 5.22. The molecule has 8 aromatic rings. The van der Waals surface area contributed by atoms with Crippen molar-refractivity contribution in [1.29, 1.82) is 0 Å². The van der Waals surface area contributed by atoms with Gasteiger partial charge in [0.05, 0.1) is 11.0 Å². The lowest BCUT2D eigenvalue weighted by molar-refractivity contribution is 1.18. The van der Waals surface area contributed by atoms with Crippen molar-refractivity contribution in [2.45, 2.75) is 0 Å². The third-order valence-corrected chi connectivity index (χ3v) is 8.74. The Balaban J connectivity index is 1.25. The third kappa shape index (κ3) is 3.24. The predicted octanol–water partition coefficient (Wildman–Crippen LogP) is 10.9. The molecule has 0 N–H and O–H groups in total. The summed E-state index contributed by atoms with van der Waals surface area (Å²) in [4.78, 5) is 0. The molecule has 41 heavy (non-hydrogen) atoms. The molecule has 0 bridgehead atoms. The van der Waals surface area contributed by atoms with Crippen LogP contribution < -0.4 is 0 Å². The zero-order valence-corrected chi connectivity index (χ0v) is 22.4. The summed E-state index contributed by atoms with van der Waals surface area (Å²) in [5.41, 5.74) is 13.9. The molecule has 1 aliphatic carbocycles. The van der Waals surface area contributed by atoms with E-state index >= 15 is 0 Å². The van der Waals surface area contributed by atoms with Gasteiger partial charge < -0.3 is 4.57 Å². The van der Waals surface area contributed by atoms with Crippen LogP contribution in [0.5, 0.6) is 0 Å². The predicted molar refractivity (Wildman–Crippen MR) is 174 cm³/mol. The van der Waals surface area contributed by atoms with Crippen LogP contribution in [0.15, 0.2) is 152 Å². The van der Waals surface area contributed by atoms with Gasteiger partial charge in [-0.1, -0.05) is 121 Å². The fourth-order valence-electron chi connectivity index (χ4n) is 6.94. The van der Waals surface area contributed by atoms with E-state index in [-0.39, 0.29) is 0 Å². The lowest BCUT2D eigenvalue weighted by Crippen LogP contribution is -1.93. The number of hydrogen-bond acceptors (Lipinski definition) is 0. The van der Waals surface area contributed by atoms with Crippen LogP contribution in [0.25, 0.3) is 82.8 Å². The second kappa shape index (κ2) is 8.55. The van der Waals surface area contributed by atoms with Gasteiger partial charge in [0.15, 0.2) is 0 Å². The van der Waals surface area contributed by atoms with E-state index in [0.29, 0.717) is 0 Å². The monoisotopic (exact) mass is 519 g/mol. The van der Waals surface area contributed by atoms with Gasteiger partial charge in [-0.25, -0.2) is 0 Å². The fraction of sp³-hybridized carbons (Fsp3) is 0. The van der Waals surface area contributed by atoms with E-state index in [1.165, 1.54) is 82.8 Å². The third-order valence-electron chi connectivity index (χ3n) is 8.74. The first-order valence-corrected chi connectivity index (χ1v) is 14.2. The second-order valence-corrected chi connectivity index (χ2v) is 10.9. The van der Waals surface area contributed by atoms with Gasteiger partial charge in [0.1, 0.15) is 0 Å². The Hall–Kier alpha value is -5.40. The van der Waals surface area contributed by atoms with Crippen LogP contribution in [-0.2, 0) is 0 Å². The highest BCUT2D eigenvalue weighted by Crippen LogP contribution is 2.49. The van der Waals surface area contributed by atoms with Crippen molar-refractivity contribution in [3.05, 3.63) is 152 Å². The molecule has 0 saturated heterocycles. The van der Waals surface area contributed by atoms with Crippen molar-refractivity contribution in [3.63, 3.8) is 0 Å². The quantitative estimate of drug-likeness (QED) is 0.219. The van der Waals surface area contributed by atoms with Gasteiger partial charge in [0.2, 0.25) is 0 Å². The highest BCUT2D eigenvalue weighted by Gasteiger charge is 2.22. The molecule has 1 nitrogen and oxygen atoms in total. The van der Waals surface area contributed by atoms with Gasteiger partial charge in [-0.15, -0.1) is 0 Å². The lowest BCUT2D eigenvalue weighted by Gasteiger charge is -2.13. The van der Waals surface area contributed by atoms with Crippen LogP contribution in [0.2, 0.25) is 0 Å². The minimum Gasteiger partial charge on any atom is -0.309 e. The Bertz CT molecular complexity index is 2300. The maximum atomic E-state index is 2.39. The maximum absolute atomic E-state index is 2.39. The molecule has 0 atom stereocenters. The van der Waals surface area contributed by atoms with E-state index in [1.54, 1.807) is 0 Å². The van der Waals surface area contributed by atoms with Crippen molar-refractivity contribution in [2.24, 2.45) is 0 Å². The van der Waals surface area contributed by atoms with Gasteiger partial charge in [0, 0.05) is 16.5 Å². The Kier molecular flexibility index (Phi) is 4.67. The minimum absolute atomic E-state index is 1.18. The zero-order valence-electron chi connectivity index (χ0n) is 22.4. The van der Waals surface area contributed by atoms with E-state index in [2.05, 4.69) is 156 Å². The van der Waals surface area contributed by atoms with Crippen LogP contribution in [0.4, 0.5) is 0 Å². The van der Waals surface area contributed by atoms with Gasteiger partial charge in [0.25, 0.3) is 0 Å². The number of benzene rings is 7. The van der Waals surface area contributed by atoms with Gasteiger partial charge in [-0.2, -0.15) is 0 Å². The Labute approximate surface area is 238 Å².